The Labute approximate surface area is 88.2 Å². The predicted molar refractivity (Wildman–Crippen MR) is 55.6 cm³/mol. The Morgan fingerprint density at radius 3 is 2.62 bits per heavy atom. The molecule has 0 radical (unpaired) electrons. The van der Waals surface area contributed by atoms with Crippen LogP contribution in [0.1, 0.15) is 10.7 Å². The number of nitrogens with zero attached hydrogens (tertiary/aromatic N) is 3. The lowest BCUT2D eigenvalue weighted by molar-refractivity contribution is 0.982. The molecule has 0 saturated heterocycles. The summed E-state index contributed by atoms with van der Waals surface area (Å²) in [5, 5.41) is 11.0. The first-order valence-corrected chi connectivity index (χ1v) is 6.15. The van der Waals surface area contributed by atoms with Crippen molar-refractivity contribution >= 4 is 34.4 Å². The van der Waals surface area contributed by atoms with Gasteiger partial charge in [-0.2, -0.15) is 0 Å². The van der Waals surface area contributed by atoms with E-state index < -0.39 is 0 Å². The largest absolute Gasteiger partial charge is 0.235 e. The van der Waals surface area contributed by atoms with Gasteiger partial charge in [0, 0.05) is 11.1 Å². The third-order valence-electron chi connectivity index (χ3n) is 1.28. The molecule has 68 valence electrons. The molecule has 0 N–H and O–H groups in total. The fraction of sp³-hybridized carbons (Fsp3) is 0.286. The number of aryl methyl sites for hydroxylation is 2. The normalized spacial score (nSPS) is 10.6. The molecule has 0 spiro atoms. The first kappa shape index (κ1) is 9.11. The highest BCUT2D eigenvalue weighted by Gasteiger charge is 2.05. The van der Waals surface area contributed by atoms with Crippen LogP contribution in [0.2, 0.25) is 0 Å². The van der Waals surface area contributed by atoms with Crippen molar-refractivity contribution in [1.82, 2.24) is 15.2 Å². The van der Waals surface area contributed by atoms with Gasteiger partial charge in [0.25, 0.3) is 0 Å². The van der Waals surface area contributed by atoms with Gasteiger partial charge in [0.2, 0.25) is 0 Å². The Bertz CT molecular complexity index is 368. The lowest BCUT2D eigenvalue weighted by atomic mass is 10.6. The molecule has 0 atom stereocenters. The van der Waals surface area contributed by atoms with E-state index in [2.05, 4.69) is 15.2 Å². The lowest BCUT2D eigenvalue weighted by Crippen LogP contribution is -1.72. The molecule has 0 saturated carbocycles. The topological polar surface area (TPSA) is 38.7 Å². The minimum absolute atomic E-state index is 0.965. The molecule has 0 fully saturated rings. The second-order valence-corrected chi connectivity index (χ2v) is 5.98. The maximum atomic E-state index is 4.34. The molecule has 6 heteroatoms. The zero-order valence-electron chi connectivity index (χ0n) is 7.14. The number of hydrogen-bond acceptors (Lipinski definition) is 6. The van der Waals surface area contributed by atoms with Gasteiger partial charge in [-0.25, -0.2) is 4.98 Å². The van der Waals surface area contributed by atoms with Gasteiger partial charge in [0.05, 0.1) is 0 Å². The molecule has 0 aliphatic carbocycles. The zero-order chi connectivity index (χ0) is 9.26. The summed E-state index contributed by atoms with van der Waals surface area (Å²) in [4.78, 5) is 4.34. The standard InChI is InChI=1S/C7H7N3S3/c1-4-3-11-6(8-4)13-7-10-9-5(2)12-7/h3H,1-2H3. The highest BCUT2D eigenvalue weighted by Crippen LogP contribution is 2.31. The van der Waals surface area contributed by atoms with Gasteiger partial charge >= 0.3 is 0 Å². The summed E-state index contributed by atoms with van der Waals surface area (Å²) in [6.07, 6.45) is 0. The average Bonchev–Trinajstić information content (AvgIpc) is 2.62. The molecule has 0 unspecified atom stereocenters. The van der Waals surface area contributed by atoms with Gasteiger partial charge in [-0.3, -0.25) is 0 Å². The van der Waals surface area contributed by atoms with E-state index in [1.54, 1.807) is 34.4 Å². The van der Waals surface area contributed by atoms with Gasteiger partial charge in [-0.1, -0.05) is 11.3 Å². The maximum absolute atomic E-state index is 4.34. The molecule has 3 nitrogen and oxygen atoms in total. The van der Waals surface area contributed by atoms with Gasteiger partial charge in [-0.15, -0.1) is 21.5 Å². The van der Waals surface area contributed by atoms with Gasteiger partial charge < -0.3 is 0 Å². The molecule has 0 aliphatic heterocycles. The van der Waals surface area contributed by atoms with Gasteiger partial charge in [0.15, 0.2) is 8.68 Å². The van der Waals surface area contributed by atoms with Crippen LogP contribution in [-0.4, -0.2) is 15.2 Å². The Kier molecular flexibility index (Phi) is 2.61. The Morgan fingerprint density at radius 1 is 1.23 bits per heavy atom. The van der Waals surface area contributed by atoms with E-state index in [4.69, 9.17) is 0 Å². The van der Waals surface area contributed by atoms with E-state index in [0.717, 1.165) is 19.4 Å². The highest BCUT2D eigenvalue weighted by atomic mass is 32.2. The molecular formula is C7H7N3S3. The van der Waals surface area contributed by atoms with Crippen LogP contribution in [-0.2, 0) is 0 Å². The van der Waals surface area contributed by atoms with Crippen LogP contribution in [0.5, 0.6) is 0 Å². The van der Waals surface area contributed by atoms with Crippen molar-refractivity contribution in [1.29, 1.82) is 0 Å². The van der Waals surface area contributed by atoms with Gasteiger partial charge in [-0.05, 0) is 25.6 Å². The summed E-state index contributed by atoms with van der Waals surface area (Å²) in [5.74, 6) is 0. The number of aromatic nitrogens is 3. The van der Waals surface area contributed by atoms with Crippen LogP contribution in [0, 0.1) is 13.8 Å². The van der Waals surface area contributed by atoms with Crippen LogP contribution in [0.3, 0.4) is 0 Å². The summed E-state index contributed by atoms with van der Waals surface area (Å²) >= 11 is 4.83. The van der Waals surface area contributed by atoms with Crippen molar-refractivity contribution in [3.63, 3.8) is 0 Å². The van der Waals surface area contributed by atoms with Crippen molar-refractivity contribution in [2.24, 2.45) is 0 Å². The van der Waals surface area contributed by atoms with Crippen molar-refractivity contribution in [2.75, 3.05) is 0 Å². The first-order chi connectivity index (χ1) is 6.24. The number of hydrogen-bond donors (Lipinski definition) is 0. The quantitative estimate of drug-likeness (QED) is 0.793. The summed E-state index contributed by atoms with van der Waals surface area (Å²) in [5.41, 5.74) is 1.06. The molecule has 2 aromatic rings. The summed E-state index contributed by atoms with van der Waals surface area (Å²) in [6.45, 7) is 3.95. The number of thiazole rings is 1. The molecule has 0 aromatic carbocycles. The third-order valence-corrected chi connectivity index (χ3v) is 4.23. The van der Waals surface area contributed by atoms with Gasteiger partial charge in [0.1, 0.15) is 5.01 Å². The fourth-order valence-electron chi connectivity index (χ4n) is 0.774. The van der Waals surface area contributed by atoms with Crippen molar-refractivity contribution in [2.45, 2.75) is 22.5 Å². The lowest BCUT2D eigenvalue weighted by Gasteiger charge is -1.86. The second kappa shape index (κ2) is 3.73. The summed E-state index contributed by atoms with van der Waals surface area (Å²) in [6, 6.07) is 0. The van der Waals surface area contributed by atoms with Crippen molar-refractivity contribution in [3.05, 3.63) is 16.1 Å². The van der Waals surface area contributed by atoms with E-state index in [1.165, 1.54) is 0 Å². The third kappa shape index (κ3) is 2.26. The summed E-state index contributed by atoms with van der Waals surface area (Å²) in [7, 11) is 0. The van der Waals surface area contributed by atoms with Crippen molar-refractivity contribution < 1.29 is 0 Å². The second-order valence-electron chi connectivity index (χ2n) is 2.44. The predicted octanol–water partition coefficient (Wildman–Crippen LogP) is 2.76. The molecule has 0 amide bonds. The SMILES string of the molecule is Cc1csc(Sc2nnc(C)s2)n1. The molecule has 0 bridgehead atoms. The minimum Gasteiger partial charge on any atom is -0.235 e. The van der Waals surface area contributed by atoms with E-state index >= 15 is 0 Å². The highest BCUT2D eigenvalue weighted by molar-refractivity contribution is 8.02. The van der Waals surface area contributed by atoms with Crippen LogP contribution in [0.4, 0.5) is 0 Å². The first-order valence-electron chi connectivity index (χ1n) is 3.64. The van der Waals surface area contributed by atoms with Crippen LogP contribution in [0.15, 0.2) is 14.1 Å². The smallest absolute Gasteiger partial charge is 0.181 e. The molecule has 2 aromatic heterocycles. The maximum Gasteiger partial charge on any atom is 0.181 e. The van der Waals surface area contributed by atoms with Crippen LogP contribution in [0.25, 0.3) is 0 Å². The van der Waals surface area contributed by atoms with E-state index in [0.29, 0.717) is 0 Å². The zero-order valence-corrected chi connectivity index (χ0v) is 9.59. The van der Waals surface area contributed by atoms with E-state index in [9.17, 15) is 0 Å². The fourth-order valence-corrected chi connectivity index (χ4v) is 3.63. The van der Waals surface area contributed by atoms with E-state index in [1.807, 2.05) is 19.2 Å². The molecular weight excluding hydrogens is 222 g/mol. The molecule has 2 heterocycles. The molecule has 0 aliphatic rings. The van der Waals surface area contributed by atoms with Crippen molar-refractivity contribution in [3.8, 4) is 0 Å². The molecule has 2 rings (SSSR count). The monoisotopic (exact) mass is 229 g/mol. The summed E-state index contributed by atoms with van der Waals surface area (Å²) < 4.78 is 2.00. The Hall–Kier alpha value is -0.460. The average molecular weight is 229 g/mol. The molecule has 13 heavy (non-hydrogen) atoms. The Balaban J connectivity index is 2.14. The van der Waals surface area contributed by atoms with Crippen LogP contribution < -0.4 is 0 Å². The minimum atomic E-state index is 0.965. The van der Waals surface area contributed by atoms with E-state index in [-0.39, 0.29) is 0 Å². The number of rotatable bonds is 2. The van der Waals surface area contributed by atoms with Crippen LogP contribution >= 0.6 is 34.4 Å². The Morgan fingerprint density at radius 2 is 2.08 bits per heavy atom.